The second-order valence-electron chi connectivity index (χ2n) is 11.2. The molecule has 2 bridgehead atoms. The first-order valence-corrected chi connectivity index (χ1v) is 14.2. The highest BCUT2D eigenvalue weighted by Crippen LogP contribution is 2.54. The number of hydrogen-bond donors (Lipinski definition) is 1. The number of likely N-dealkylation sites (tertiary alicyclic amines) is 1. The van der Waals surface area contributed by atoms with Crippen LogP contribution in [0.15, 0.2) is 23.3 Å². The van der Waals surface area contributed by atoms with E-state index in [2.05, 4.69) is 20.2 Å². The molecule has 0 radical (unpaired) electrons. The molecule has 210 valence electrons. The molecule has 6 nitrogen and oxygen atoms in total. The van der Waals surface area contributed by atoms with E-state index in [0.29, 0.717) is 0 Å². The van der Waals surface area contributed by atoms with Crippen molar-refractivity contribution in [3.63, 3.8) is 0 Å². The number of nitrogens with one attached hydrogen (secondary N) is 1. The van der Waals surface area contributed by atoms with Gasteiger partial charge in [-0.1, -0.05) is 11.8 Å². The molecule has 38 heavy (non-hydrogen) atoms. The van der Waals surface area contributed by atoms with Crippen LogP contribution in [0.25, 0.3) is 0 Å². The highest BCUT2D eigenvalue weighted by atomic mass is 32.2. The first-order valence-electron chi connectivity index (χ1n) is 13.3. The summed E-state index contributed by atoms with van der Waals surface area (Å²) in [6.45, 7) is 1.44. The molecular formula is C26H33F5N4O2S. The summed E-state index contributed by atoms with van der Waals surface area (Å²) in [6.07, 6.45) is 2.42. The molecule has 3 heterocycles. The van der Waals surface area contributed by atoms with Crippen LogP contribution >= 0.6 is 11.8 Å². The summed E-state index contributed by atoms with van der Waals surface area (Å²) < 4.78 is 68.8. The topological polar surface area (TPSA) is 66.8 Å². The number of carbonyl (C=O) groups is 1. The van der Waals surface area contributed by atoms with Crippen molar-refractivity contribution in [3.8, 4) is 0 Å². The maximum Gasteiger partial charge on any atom is 0.422 e. The molecule has 1 saturated heterocycles. The quantitative estimate of drug-likeness (QED) is 0.431. The number of pyridine rings is 1. The molecule has 4 fully saturated rings. The fourth-order valence-corrected chi connectivity index (χ4v) is 7.61. The zero-order valence-electron chi connectivity index (χ0n) is 21.1. The molecule has 1 aromatic heterocycles. The third-order valence-corrected chi connectivity index (χ3v) is 10.1. The lowest BCUT2D eigenvalue weighted by atomic mass is 9.56. The van der Waals surface area contributed by atoms with Gasteiger partial charge in [-0.25, -0.2) is 13.8 Å². The molecule has 1 N–H and O–H groups in total. The number of nitrogens with zero attached hydrogens (tertiary/aromatic N) is 3. The number of fused-ring (bicyclic) bond motifs is 4. The van der Waals surface area contributed by atoms with Gasteiger partial charge in [-0.2, -0.15) is 13.2 Å². The van der Waals surface area contributed by atoms with Crippen molar-refractivity contribution in [2.75, 3.05) is 26.2 Å². The van der Waals surface area contributed by atoms with Gasteiger partial charge in [-0.15, -0.1) is 0 Å². The average Bonchev–Trinajstić information content (AvgIpc) is 3.20. The van der Waals surface area contributed by atoms with Crippen LogP contribution in [0.3, 0.4) is 0 Å². The minimum atomic E-state index is -4.36. The van der Waals surface area contributed by atoms with E-state index in [4.69, 9.17) is 4.74 Å². The Labute approximate surface area is 223 Å². The van der Waals surface area contributed by atoms with Gasteiger partial charge in [0.1, 0.15) is 5.69 Å². The Balaban J connectivity index is 1.09. The van der Waals surface area contributed by atoms with E-state index in [1.807, 2.05) is 0 Å². The minimum absolute atomic E-state index is 0.00499. The number of alkyl halides is 5. The smallest absolute Gasteiger partial charge is 0.422 e. The van der Waals surface area contributed by atoms with E-state index in [-0.39, 0.29) is 33.0 Å². The van der Waals surface area contributed by atoms with Crippen LogP contribution in [0.1, 0.15) is 80.3 Å². The zero-order chi connectivity index (χ0) is 27.0. The molecule has 0 aromatic carbocycles. The largest absolute Gasteiger partial charge is 0.463 e. The van der Waals surface area contributed by atoms with Gasteiger partial charge >= 0.3 is 6.18 Å². The fourth-order valence-electron chi connectivity index (χ4n) is 6.45. The summed E-state index contributed by atoms with van der Waals surface area (Å²) in [5, 5.41) is 3.43. The molecule has 0 spiro atoms. The van der Waals surface area contributed by atoms with Gasteiger partial charge < -0.3 is 15.0 Å². The summed E-state index contributed by atoms with van der Waals surface area (Å²) in [5.74, 6) is -0.467. The molecule has 3 saturated carbocycles. The van der Waals surface area contributed by atoms with Gasteiger partial charge in [0, 0.05) is 23.5 Å². The molecule has 1 amide bonds. The number of aromatic nitrogens is 1. The van der Waals surface area contributed by atoms with E-state index in [1.54, 1.807) is 0 Å². The average molecular weight is 561 g/mol. The molecule has 5 aliphatic rings. The van der Waals surface area contributed by atoms with Crippen LogP contribution in [-0.2, 0) is 4.74 Å². The van der Waals surface area contributed by atoms with Crippen molar-refractivity contribution in [1.29, 1.82) is 0 Å². The number of rotatable bonds is 7. The van der Waals surface area contributed by atoms with E-state index >= 15 is 0 Å². The highest BCUT2D eigenvalue weighted by molar-refractivity contribution is 8.14. The van der Waals surface area contributed by atoms with Crippen LogP contribution in [0.2, 0.25) is 0 Å². The third-order valence-electron chi connectivity index (χ3n) is 8.81. The molecule has 2 atom stereocenters. The molecule has 6 rings (SSSR count). The highest BCUT2D eigenvalue weighted by Gasteiger charge is 2.49. The number of hydrogen-bond acceptors (Lipinski definition) is 6. The first kappa shape index (κ1) is 27.6. The zero-order valence-corrected chi connectivity index (χ0v) is 21.9. The van der Waals surface area contributed by atoms with Crippen molar-refractivity contribution < 1.29 is 31.5 Å². The number of halogens is 5. The number of ether oxygens (including phenoxy) is 1. The van der Waals surface area contributed by atoms with Gasteiger partial charge in [0.25, 0.3) is 12.3 Å². The Bertz CT molecular complexity index is 1030. The van der Waals surface area contributed by atoms with E-state index in [1.165, 1.54) is 30.1 Å². The van der Waals surface area contributed by atoms with Crippen molar-refractivity contribution in [2.45, 2.75) is 87.2 Å². The number of amides is 1. The van der Waals surface area contributed by atoms with Crippen LogP contribution in [0.5, 0.6) is 0 Å². The summed E-state index contributed by atoms with van der Waals surface area (Å²) in [4.78, 5) is 23.5. The van der Waals surface area contributed by atoms with Gasteiger partial charge in [0.2, 0.25) is 5.23 Å². The Kier molecular flexibility index (Phi) is 7.92. The van der Waals surface area contributed by atoms with E-state index < -0.39 is 30.8 Å². The summed E-state index contributed by atoms with van der Waals surface area (Å²) in [6, 6.07) is 2.92. The summed E-state index contributed by atoms with van der Waals surface area (Å²) in [7, 11) is 0. The monoisotopic (exact) mass is 560 g/mol. The second kappa shape index (κ2) is 10.9. The molecule has 12 heteroatoms. The predicted octanol–water partition coefficient (Wildman–Crippen LogP) is 5.75. The SMILES string of the molecule is O=C(NC12CCC(CCN3CCC4N=C(OCC(F)(F)F)S[C@H]4CC3)(CC1)CC2)c1cccnc1C(F)F. The van der Waals surface area contributed by atoms with Crippen LogP contribution in [0, 0.1) is 5.41 Å². The van der Waals surface area contributed by atoms with Gasteiger partial charge in [-0.05, 0) is 88.4 Å². The van der Waals surface area contributed by atoms with Gasteiger partial charge in [0.15, 0.2) is 6.61 Å². The predicted molar refractivity (Wildman–Crippen MR) is 134 cm³/mol. The Morgan fingerprint density at radius 3 is 2.55 bits per heavy atom. The lowest BCUT2D eigenvalue weighted by Crippen LogP contribution is -2.57. The lowest BCUT2D eigenvalue weighted by Gasteiger charge is -2.54. The van der Waals surface area contributed by atoms with Crippen molar-refractivity contribution in [1.82, 2.24) is 15.2 Å². The Hall–Kier alpha value is -1.95. The Morgan fingerprint density at radius 2 is 1.87 bits per heavy atom. The van der Waals surface area contributed by atoms with Crippen molar-refractivity contribution in [2.24, 2.45) is 10.4 Å². The molecule has 1 unspecified atom stereocenters. The molecule has 2 aliphatic heterocycles. The molecular weight excluding hydrogens is 527 g/mol. The molecule has 3 aliphatic carbocycles. The fraction of sp³-hybridized carbons (Fsp3) is 0.731. The first-order chi connectivity index (χ1) is 18.1. The number of carbonyl (C=O) groups excluding carboxylic acids is 1. The van der Waals surface area contributed by atoms with Crippen molar-refractivity contribution >= 4 is 22.9 Å². The molecule has 1 aromatic rings. The summed E-state index contributed by atoms with van der Waals surface area (Å²) >= 11 is 1.33. The van der Waals surface area contributed by atoms with E-state index in [0.717, 1.165) is 77.4 Å². The maximum absolute atomic E-state index is 13.3. The minimum Gasteiger partial charge on any atom is -0.463 e. The lowest BCUT2D eigenvalue weighted by molar-refractivity contribution is -0.155. The van der Waals surface area contributed by atoms with Gasteiger partial charge in [0.05, 0.1) is 11.6 Å². The standard InChI is InChI=1S/C26H33F5N4O2S/c27-21(28)20-17(2-1-12-32-20)22(36)34-25-8-5-24(6-9-25,7-10-25)11-15-35-13-3-18-19(4-14-35)38-23(33-18)37-16-26(29,30)31/h1-2,12,18-19,21H,3-11,13-16H2,(H,34,36)/t18?,19-,24?,25?/m0/s1. The number of aliphatic imine (C=N–C) groups is 1. The van der Waals surface area contributed by atoms with Crippen LogP contribution < -0.4 is 5.32 Å². The maximum atomic E-state index is 13.3. The summed E-state index contributed by atoms with van der Waals surface area (Å²) in [5.41, 5.74) is -0.623. The number of thioether (sulfide) groups is 1. The Morgan fingerprint density at radius 1 is 1.16 bits per heavy atom. The van der Waals surface area contributed by atoms with Gasteiger partial charge in [-0.3, -0.25) is 9.78 Å². The van der Waals surface area contributed by atoms with Crippen LogP contribution in [-0.4, -0.2) is 70.3 Å². The normalized spacial score (nSPS) is 31.6. The van der Waals surface area contributed by atoms with Crippen molar-refractivity contribution in [3.05, 3.63) is 29.6 Å². The van der Waals surface area contributed by atoms with Crippen LogP contribution in [0.4, 0.5) is 22.0 Å². The second-order valence-corrected chi connectivity index (χ2v) is 12.4. The third kappa shape index (κ3) is 6.26. The van der Waals surface area contributed by atoms with E-state index in [9.17, 15) is 26.7 Å².